The quantitative estimate of drug-likeness (QED) is 0.611. The van der Waals surface area contributed by atoms with Crippen LogP contribution in [-0.4, -0.2) is 27.5 Å². The van der Waals surface area contributed by atoms with Crippen molar-refractivity contribution in [3.8, 4) is 0 Å². The first-order valence-corrected chi connectivity index (χ1v) is 9.29. The van der Waals surface area contributed by atoms with E-state index in [4.69, 9.17) is 0 Å². The van der Waals surface area contributed by atoms with Gasteiger partial charge in [0.25, 0.3) is 5.91 Å². The van der Waals surface area contributed by atoms with Gasteiger partial charge >= 0.3 is 6.18 Å². The lowest BCUT2D eigenvalue weighted by Crippen LogP contribution is -2.35. The highest BCUT2D eigenvalue weighted by Crippen LogP contribution is 2.33. The summed E-state index contributed by atoms with van der Waals surface area (Å²) in [6, 6.07) is 5.62. The molecule has 0 saturated carbocycles. The Morgan fingerprint density at radius 2 is 2.07 bits per heavy atom. The van der Waals surface area contributed by atoms with Crippen LogP contribution in [0.25, 0.3) is 0 Å². The molecule has 0 aliphatic carbocycles. The molecule has 1 amide bonds. The van der Waals surface area contributed by atoms with E-state index >= 15 is 0 Å². The van der Waals surface area contributed by atoms with E-state index in [-0.39, 0.29) is 11.4 Å². The second-order valence-electron chi connectivity index (χ2n) is 5.36. The average Bonchev–Trinajstić information content (AvgIpc) is 3.12. The number of allylic oxidation sites excluding steroid dienone is 1. The van der Waals surface area contributed by atoms with Crippen LogP contribution < -0.4 is 5.32 Å². The van der Waals surface area contributed by atoms with Crippen molar-refractivity contribution in [1.29, 1.82) is 0 Å². The maximum absolute atomic E-state index is 13.4. The molecule has 2 heterocycles. The molecule has 1 aliphatic rings. The third-order valence-electron chi connectivity index (χ3n) is 3.56. The first kappa shape index (κ1) is 19.4. The van der Waals surface area contributed by atoms with Crippen LogP contribution in [-0.2, 0) is 22.5 Å². The fourth-order valence-electron chi connectivity index (χ4n) is 2.24. The molecule has 11 heteroatoms. The molecule has 27 heavy (non-hydrogen) atoms. The minimum absolute atomic E-state index is 0.0513. The molecule has 0 fully saturated rings. The number of rotatable bonds is 3. The lowest BCUT2D eigenvalue weighted by Gasteiger charge is -2.23. The Hall–Kier alpha value is -2.37. The number of carbonyl (C=O) groups is 1. The van der Waals surface area contributed by atoms with Crippen molar-refractivity contribution in [3.63, 3.8) is 0 Å². The first-order valence-electron chi connectivity index (χ1n) is 7.35. The first-order chi connectivity index (χ1) is 12.7. The van der Waals surface area contributed by atoms with Crippen LogP contribution in [0.2, 0.25) is 0 Å². The monoisotopic (exact) mass is 417 g/mol. The van der Waals surface area contributed by atoms with E-state index < -0.39 is 35.0 Å². The molecule has 142 valence electrons. The number of hydrogen-bond acceptors (Lipinski definition) is 5. The van der Waals surface area contributed by atoms with Gasteiger partial charge in [-0.15, -0.1) is 11.3 Å². The van der Waals surface area contributed by atoms with Gasteiger partial charge in [0.05, 0.1) is 17.5 Å². The molecule has 1 aliphatic heterocycles. The number of thiophene rings is 1. The van der Waals surface area contributed by atoms with Crippen molar-refractivity contribution in [2.45, 2.75) is 6.18 Å². The van der Waals surface area contributed by atoms with Gasteiger partial charge in [-0.3, -0.25) is 4.79 Å². The zero-order chi connectivity index (χ0) is 19.8. The van der Waals surface area contributed by atoms with E-state index in [1.165, 1.54) is 24.5 Å². The number of alkyl halides is 3. The second-order valence-corrected chi connectivity index (χ2v) is 7.50. The zero-order valence-electron chi connectivity index (χ0n) is 13.6. The van der Waals surface area contributed by atoms with E-state index in [2.05, 4.69) is 9.71 Å². The predicted molar refractivity (Wildman–Crippen MR) is 94.9 cm³/mol. The molecule has 5 nitrogen and oxygen atoms in total. The summed E-state index contributed by atoms with van der Waals surface area (Å²) in [5, 5.41) is 4.05. The number of hydrogen-bond donors (Lipinski definition) is 1. The molecule has 1 aromatic carbocycles. The van der Waals surface area contributed by atoms with E-state index in [9.17, 15) is 26.9 Å². The molecular formula is C16H11F4N3O2S2. The normalized spacial score (nSPS) is 17.4. The fourth-order valence-corrected chi connectivity index (χ4v) is 3.73. The fraction of sp³-hybridized carbons (Fsp3) is 0.125. The Bertz CT molecular complexity index is 926. The maximum atomic E-state index is 13.4. The van der Waals surface area contributed by atoms with Crippen molar-refractivity contribution in [2.24, 2.45) is 4.40 Å². The molecule has 1 N–H and O–H groups in total. The molecule has 1 aromatic heterocycles. The van der Waals surface area contributed by atoms with Gasteiger partial charge in [-0.25, -0.2) is 4.39 Å². The number of nitrogens with zero attached hydrogens (tertiary/aromatic N) is 2. The molecule has 1 unspecified atom stereocenters. The number of nitrogens with one attached hydrogen (secondary N) is 1. The van der Waals surface area contributed by atoms with Crippen molar-refractivity contribution in [1.82, 2.24) is 4.31 Å². The van der Waals surface area contributed by atoms with Crippen molar-refractivity contribution in [3.05, 3.63) is 63.7 Å². The smallest absolute Gasteiger partial charge is 0.419 e. The zero-order valence-corrected chi connectivity index (χ0v) is 15.2. The Labute approximate surface area is 158 Å². The van der Waals surface area contributed by atoms with Gasteiger partial charge in [-0.2, -0.15) is 17.5 Å². The highest BCUT2D eigenvalue weighted by atomic mass is 32.2. The lowest BCUT2D eigenvalue weighted by molar-refractivity contribution is -0.140. The largest absolute Gasteiger partial charge is 0.566 e. The van der Waals surface area contributed by atoms with Crippen LogP contribution >= 0.6 is 11.3 Å². The molecular weight excluding hydrogens is 406 g/mol. The lowest BCUT2D eigenvalue weighted by atomic mass is 10.1. The van der Waals surface area contributed by atoms with E-state index in [0.717, 1.165) is 10.4 Å². The Balaban J connectivity index is 1.88. The van der Waals surface area contributed by atoms with Gasteiger partial charge in [0.15, 0.2) is 5.70 Å². The van der Waals surface area contributed by atoms with Gasteiger partial charge < -0.3 is 9.87 Å². The topological polar surface area (TPSA) is 67.8 Å². The highest BCUT2D eigenvalue weighted by molar-refractivity contribution is 7.88. The summed E-state index contributed by atoms with van der Waals surface area (Å²) >= 11 is -0.542. The molecule has 1 atom stereocenters. The standard InChI is InChI=1S/C16H11F4N3O2S2/c1-23-13(8-12(22-27(23)25)14-3-2-6-26-14)15(24)21-9-4-5-11(17)10(7-9)16(18,19)20/h2-8H,1H3,(H,21,24). The minimum atomic E-state index is -4.90. The van der Waals surface area contributed by atoms with E-state index in [1.54, 1.807) is 17.5 Å². The molecule has 2 aromatic rings. The molecule has 0 saturated heterocycles. The molecule has 0 bridgehead atoms. The SMILES string of the molecule is CN1C(C(=O)Nc2ccc(F)c(C(F)(F)F)c2)=CC(c2cccs2)=N[S+]1[O-]. The van der Waals surface area contributed by atoms with Gasteiger partial charge in [-0.1, -0.05) is 6.07 Å². The molecule has 0 spiro atoms. The van der Waals surface area contributed by atoms with Crippen molar-refractivity contribution < 1.29 is 26.9 Å². The highest BCUT2D eigenvalue weighted by Gasteiger charge is 2.35. The predicted octanol–water partition coefficient (Wildman–Crippen LogP) is 3.74. The minimum Gasteiger partial charge on any atom is -0.566 e. The third kappa shape index (κ3) is 4.15. The number of amides is 1. The Morgan fingerprint density at radius 1 is 1.33 bits per heavy atom. The van der Waals surface area contributed by atoms with Gasteiger partial charge in [0, 0.05) is 11.8 Å². The number of halogens is 4. The Kier molecular flexibility index (Phi) is 5.27. The van der Waals surface area contributed by atoms with Crippen LogP contribution in [0.5, 0.6) is 0 Å². The number of benzene rings is 1. The van der Waals surface area contributed by atoms with Crippen LogP contribution in [0.15, 0.2) is 51.9 Å². The van der Waals surface area contributed by atoms with Crippen molar-refractivity contribution >= 4 is 40.2 Å². The van der Waals surface area contributed by atoms with Gasteiger partial charge in [-0.05, 0) is 34.0 Å². The van der Waals surface area contributed by atoms with Crippen LogP contribution in [0.3, 0.4) is 0 Å². The van der Waals surface area contributed by atoms with E-state index in [1.807, 2.05) is 0 Å². The van der Waals surface area contributed by atoms with Crippen molar-refractivity contribution in [2.75, 3.05) is 12.4 Å². The molecule has 0 radical (unpaired) electrons. The summed E-state index contributed by atoms with van der Waals surface area (Å²) < 4.78 is 69.0. The number of anilines is 1. The summed E-state index contributed by atoms with van der Waals surface area (Å²) in [5.74, 6) is -2.24. The summed E-state index contributed by atoms with van der Waals surface area (Å²) in [6.07, 6.45) is -3.51. The second kappa shape index (κ2) is 7.33. The van der Waals surface area contributed by atoms with Gasteiger partial charge in [0.2, 0.25) is 11.5 Å². The third-order valence-corrected chi connectivity index (χ3v) is 5.47. The van der Waals surface area contributed by atoms with E-state index in [0.29, 0.717) is 22.7 Å². The molecule has 3 rings (SSSR count). The Morgan fingerprint density at radius 3 is 2.70 bits per heavy atom. The summed E-state index contributed by atoms with van der Waals surface area (Å²) in [4.78, 5) is 13.2. The average molecular weight is 417 g/mol. The summed E-state index contributed by atoms with van der Waals surface area (Å²) in [5.41, 5.74) is -1.46. The van der Waals surface area contributed by atoms with Gasteiger partial charge in [0.1, 0.15) is 11.5 Å². The van der Waals surface area contributed by atoms with Crippen LogP contribution in [0, 0.1) is 5.82 Å². The summed E-state index contributed by atoms with van der Waals surface area (Å²) in [6.45, 7) is 0. The number of likely N-dealkylation sites (N-methyl/N-ethyl adjacent to an activating group) is 1. The van der Waals surface area contributed by atoms with Crippen LogP contribution in [0.1, 0.15) is 10.4 Å². The maximum Gasteiger partial charge on any atom is 0.419 e. The number of carbonyl (C=O) groups excluding carboxylic acids is 1. The summed E-state index contributed by atoms with van der Waals surface area (Å²) in [7, 11) is 1.36. The van der Waals surface area contributed by atoms with Crippen LogP contribution in [0.4, 0.5) is 23.2 Å².